The maximum atomic E-state index is 13.5. The molecular formula is C16H12F4N2O2. The third-order valence-corrected chi connectivity index (χ3v) is 2.93. The van der Waals surface area contributed by atoms with Crippen LogP contribution in [0.15, 0.2) is 41.6 Å². The smallest absolute Gasteiger partial charge is 0.268 e. The molecule has 0 saturated heterocycles. The Hall–Kier alpha value is -2.90. The minimum atomic E-state index is -1.69. The van der Waals surface area contributed by atoms with Crippen molar-refractivity contribution in [2.45, 2.75) is 13.0 Å². The molecule has 0 aliphatic heterocycles. The average Bonchev–Trinajstić information content (AvgIpc) is 2.55. The third kappa shape index (κ3) is 4.31. The van der Waals surface area contributed by atoms with Crippen LogP contribution in [0.1, 0.15) is 12.5 Å². The Bertz CT molecular complexity index is 781. The molecule has 1 N–H and O–H groups in total. The van der Waals surface area contributed by atoms with E-state index in [2.05, 4.69) is 10.5 Å². The van der Waals surface area contributed by atoms with Gasteiger partial charge in [0.25, 0.3) is 5.91 Å². The van der Waals surface area contributed by atoms with Gasteiger partial charge in [-0.1, -0.05) is 17.3 Å². The topological polar surface area (TPSA) is 50.7 Å². The van der Waals surface area contributed by atoms with Crippen molar-refractivity contribution < 1.29 is 27.2 Å². The summed E-state index contributed by atoms with van der Waals surface area (Å²) in [5.41, 5.74) is -0.113. The average molecular weight is 340 g/mol. The Morgan fingerprint density at radius 1 is 1.17 bits per heavy atom. The van der Waals surface area contributed by atoms with Crippen LogP contribution >= 0.6 is 0 Å². The highest BCUT2D eigenvalue weighted by Crippen LogP contribution is 2.19. The lowest BCUT2D eigenvalue weighted by Crippen LogP contribution is -2.27. The van der Waals surface area contributed by atoms with Crippen molar-refractivity contribution in [1.29, 1.82) is 0 Å². The minimum Gasteiger partial charge on any atom is -0.383 e. The zero-order valence-electron chi connectivity index (χ0n) is 12.4. The Morgan fingerprint density at radius 2 is 1.92 bits per heavy atom. The predicted molar refractivity (Wildman–Crippen MR) is 79.5 cm³/mol. The van der Waals surface area contributed by atoms with E-state index < -0.39 is 41.0 Å². The molecule has 0 fully saturated rings. The van der Waals surface area contributed by atoms with E-state index in [0.717, 1.165) is 6.07 Å². The first-order chi connectivity index (χ1) is 11.4. The van der Waals surface area contributed by atoms with Crippen molar-refractivity contribution in [2.75, 3.05) is 5.32 Å². The van der Waals surface area contributed by atoms with Crippen LogP contribution in [0.4, 0.5) is 23.2 Å². The number of amides is 1. The second-order valence-electron chi connectivity index (χ2n) is 4.75. The van der Waals surface area contributed by atoms with Crippen molar-refractivity contribution in [2.24, 2.45) is 5.16 Å². The van der Waals surface area contributed by atoms with Crippen LogP contribution in [0.2, 0.25) is 0 Å². The van der Waals surface area contributed by atoms with Gasteiger partial charge in [-0.15, -0.1) is 0 Å². The van der Waals surface area contributed by atoms with Crippen LogP contribution in [0.3, 0.4) is 0 Å². The predicted octanol–water partition coefficient (Wildman–Crippen LogP) is 3.62. The van der Waals surface area contributed by atoms with E-state index in [0.29, 0.717) is 11.6 Å². The Kier molecular flexibility index (Phi) is 5.51. The van der Waals surface area contributed by atoms with Gasteiger partial charge < -0.3 is 10.2 Å². The lowest BCUT2D eigenvalue weighted by Gasteiger charge is -2.11. The van der Waals surface area contributed by atoms with E-state index in [1.54, 1.807) is 6.07 Å². The molecule has 126 valence electrons. The molecule has 1 amide bonds. The summed E-state index contributed by atoms with van der Waals surface area (Å²) < 4.78 is 52.3. The summed E-state index contributed by atoms with van der Waals surface area (Å²) in [5.74, 6) is -5.85. The van der Waals surface area contributed by atoms with Crippen molar-refractivity contribution in [3.63, 3.8) is 0 Å². The maximum absolute atomic E-state index is 13.5. The number of anilines is 1. The molecule has 0 spiro atoms. The summed E-state index contributed by atoms with van der Waals surface area (Å²) in [5, 5.41) is 5.58. The van der Waals surface area contributed by atoms with Gasteiger partial charge in [0.15, 0.2) is 17.5 Å². The number of nitrogens with zero attached hydrogens (tertiary/aromatic N) is 1. The van der Waals surface area contributed by atoms with Crippen molar-refractivity contribution in [3.8, 4) is 0 Å². The first-order valence-electron chi connectivity index (χ1n) is 6.77. The van der Waals surface area contributed by atoms with E-state index in [1.165, 1.54) is 31.3 Å². The number of halogens is 4. The second-order valence-corrected chi connectivity index (χ2v) is 4.75. The molecule has 2 aromatic carbocycles. The van der Waals surface area contributed by atoms with Crippen LogP contribution in [-0.4, -0.2) is 18.2 Å². The van der Waals surface area contributed by atoms with Gasteiger partial charge >= 0.3 is 0 Å². The van der Waals surface area contributed by atoms with Crippen molar-refractivity contribution in [3.05, 3.63) is 65.2 Å². The zero-order valence-corrected chi connectivity index (χ0v) is 12.4. The first-order valence-corrected chi connectivity index (χ1v) is 6.77. The van der Waals surface area contributed by atoms with Gasteiger partial charge in [0.1, 0.15) is 5.82 Å². The van der Waals surface area contributed by atoms with E-state index in [1.807, 2.05) is 0 Å². The van der Waals surface area contributed by atoms with Crippen LogP contribution < -0.4 is 5.32 Å². The highest BCUT2D eigenvalue weighted by atomic mass is 19.2. The molecule has 2 rings (SSSR count). The summed E-state index contributed by atoms with van der Waals surface area (Å²) in [7, 11) is 0. The Labute approximate surface area is 134 Å². The molecule has 0 saturated carbocycles. The van der Waals surface area contributed by atoms with Crippen molar-refractivity contribution in [1.82, 2.24) is 0 Å². The molecule has 2 aromatic rings. The van der Waals surface area contributed by atoms with E-state index in [4.69, 9.17) is 4.84 Å². The minimum absolute atomic E-state index is 0.411. The number of carbonyl (C=O) groups is 1. The molecule has 4 nitrogen and oxygen atoms in total. The quantitative estimate of drug-likeness (QED) is 0.391. The monoisotopic (exact) mass is 340 g/mol. The fraction of sp³-hybridized carbons (Fsp3) is 0.125. The molecule has 0 aromatic heterocycles. The molecule has 0 aliphatic rings. The molecule has 0 bridgehead atoms. The lowest BCUT2D eigenvalue weighted by molar-refractivity contribution is -0.126. The number of rotatable bonds is 5. The van der Waals surface area contributed by atoms with E-state index >= 15 is 0 Å². The van der Waals surface area contributed by atoms with Gasteiger partial charge in [0.05, 0.1) is 11.9 Å². The van der Waals surface area contributed by atoms with Gasteiger partial charge in [-0.2, -0.15) is 0 Å². The molecule has 8 heteroatoms. The van der Waals surface area contributed by atoms with Crippen LogP contribution in [0.5, 0.6) is 0 Å². The number of oxime groups is 1. The summed E-state index contributed by atoms with van der Waals surface area (Å²) in [4.78, 5) is 16.7. The normalized spacial score (nSPS) is 12.2. The number of hydrogen-bond donors (Lipinski definition) is 1. The number of carbonyl (C=O) groups excluding carboxylic acids is 1. The molecule has 1 atom stereocenters. The molecule has 0 aliphatic carbocycles. The van der Waals surface area contributed by atoms with E-state index in [-0.39, 0.29) is 0 Å². The fourth-order valence-corrected chi connectivity index (χ4v) is 1.67. The zero-order chi connectivity index (χ0) is 17.7. The largest absolute Gasteiger partial charge is 0.383 e. The second kappa shape index (κ2) is 7.58. The summed E-state index contributed by atoms with van der Waals surface area (Å²) in [6.07, 6.45) is 0.0349. The van der Waals surface area contributed by atoms with Gasteiger partial charge in [0.2, 0.25) is 6.10 Å². The van der Waals surface area contributed by atoms with Gasteiger partial charge in [-0.05, 0) is 36.8 Å². The Morgan fingerprint density at radius 3 is 2.62 bits per heavy atom. The SMILES string of the molecule is C[C@H](O/N=C\c1cccc(F)c1)C(=O)Nc1ccc(F)c(F)c1F. The molecular weight excluding hydrogens is 328 g/mol. The number of nitrogens with one attached hydrogen (secondary N) is 1. The molecule has 24 heavy (non-hydrogen) atoms. The highest BCUT2D eigenvalue weighted by molar-refractivity contribution is 5.94. The first kappa shape index (κ1) is 17.5. The van der Waals surface area contributed by atoms with Crippen LogP contribution in [0, 0.1) is 23.3 Å². The third-order valence-electron chi connectivity index (χ3n) is 2.93. The van der Waals surface area contributed by atoms with Gasteiger partial charge in [-0.3, -0.25) is 4.79 Å². The summed E-state index contributed by atoms with van der Waals surface area (Å²) >= 11 is 0. The van der Waals surface area contributed by atoms with Crippen LogP contribution in [0.25, 0.3) is 0 Å². The maximum Gasteiger partial charge on any atom is 0.268 e. The number of hydrogen-bond acceptors (Lipinski definition) is 3. The lowest BCUT2D eigenvalue weighted by atomic mass is 10.2. The standard InChI is InChI=1S/C16H12F4N2O2/c1-9(24-21-8-10-3-2-4-11(17)7-10)16(23)22-13-6-5-12(18)14(19)15(13)20/h2-9H,1H3,(H,22,23)/b21-8-/t9-/m0/s1. The summed E-state index contributed by atoms with van der Waals surface area (Å²) in [6.45, 7) is 1.32. The summed E-state index contributed by atoms with van der Waals surface area (Å²) in [6, 6.07) is 7.06. The van der Waals surface area contributed by atoms with E-state index in [9.17, 15) is 22.4 Å². The molecule has 0 unspecified atom stereocenters. The van der Waals surface area contributed by atoms with Gasteiger partial charge in [-0.25, -0.2) is 17.6 Å². The highest BCUT2D eigenvalue weighted by Gasteiger charge is 2.19. The molecule has 0 heterocycles. The number of benzene rings is 2. The van der Waals surface area contributed by atoms with Gasteiger partial charge in [0, 0.05) is 0 Å². The molecule has 0 radical (unpaired) electrons. The van der Waals surface area contributed by atoms with Crippen molar-refractivity contribution >= 4 is 17.8 Å². The Balaban J connectivity index is 1.96. The van der Waals surface area contributed by atoms with Crippen LogP contribution in [-0.2, 0) is 9.63 Å². The fourth-order valence-electron chi connectivity index (χ4n) is 1.67.